The van der Waals surface area contributed by atoms with Gasteiger partial charge in [0.15, 0.2) is 0 Å². The first-order valence-electron chi connectivity index (χ1n) is 7.55. The molecular formula is C20H13NO2. The van der Waals surface area contributed by atoms with Crippen molar-refractivity contribution >= 4 is 38.0 Å². The van der Waals surface area contributed by atoms with Crippen molar-refractivity contribution < 1.29 is 4.74 Å². The molecule has 2 aromatic heterocycles. The second-order valence-electron chi connectivity index (χ2n) is 5.77. The van der Waals surface area contributed by atoms with Crippen molar-refractivity contribution in [2.24, 2.45) is 0 Å². The van der Waals surface area contributed by atoms with Gasteiger partial charge in [0.05, 0.1) is 18.1 Å². The lowest BCUT2D eigenvalue weighted by atomic mass is 10.0. The van der Waals surface area contributed by atoms with Gasteiger partial charge in [0, 0.05) is 27.6 Å². The van der Waals surface area contributed by atoms with E-state index >= 15 is 0 Å². The molecule has 23 heavy (non-hydrogen) atoms. The van der Waals surface area contributed by atoms with E-state index in [4.69, 9.17) is 4.74 Å². The molecule has 0 atom stereocenters. The van der Waals surface area contributed by atoms with E-state index in [1.807, 2.05) is 46.9 Å². The maximum atomic E-state index is 13.1. The summed E-state index contributed by atoms with van der Waals surface area (Å²) in [6.07, 6.45) is 0. The SMILES string of the molecule is COc1ccc2c3cccc4c5ccccc5c(=O)n(c2c1)c43. The van der Waals surface area contributed by atoms with E-state index in [0.717, 1.165) is 43.7 Å². The Bertz CT molecular complexity index is 1270. The van der Waals surface area contributed by atoms with E-state index in [0.29, 0.717) is 0 Å². The number of ether oxygens (including phenoxy) is 1. The lowest BCUT2D eigenvalue weighted by molar-refractivity contribution is 0.415. The summed E-state index contributed by atoms with van der Waals surface area (Å²) in [6, 6.07) is 19.9. The molecule has 0 unspecified atom stereocenters. The molecule has 0 aliphatic carbocycles. The van der Waals surface area contributed by atoms with Crippen LogP contribution in [-0.2, 0) is 0 Å². The van der Waals surface area contributed by atoms with Crippen LogP contribution in [0.1, 0.15) is 0 Å². The number of aromatic nitrogens is 1. The van der Waals surface area contributed by atoms with Crippen LogP contribution in [0.15, 0.2) is 65.5 Å². The molecule has 0 amide bonds. The summed E-state index contributed by atoms with van der Waals surface area (Å²) in [5.41, 5.74) is 1.90. The molecule has 3 aromatic carbocycles. The maximum Gasteiger partial charge on any atom is 0.263 e. The van der Waals surface area contributed by atoms with Crippen LogP contribution in [0.4, 0.5) is 0 Å². The zero-order valence-electron chi connectivity index (χ0n) is 12.5. The molecule has 0 saturated heterocycles. The number of hydrogen-bond acceptors (Lipinski definition) is 2. The Hall–Kier alpha value is -3.07. The number of hydrogen-bond donors (Lipinski definition) is 0. The van der Waals surface area contributed by atoms with Gasteiger partial charge >= 0.3 is 0 Å². The fourth-order valence-corrected chi connectivity index (χ4v) is 3.63. The third-order valence-electron chi connectivity index (χ3n) is 4.65. The third kappa shape index (κ3) is 1.46. The van der Waals surface area contributed by atoms with Gasteiger partial charge in [0.25, 0.3) is 5.56 Å². The highest BCUT2D eigenvalue weighted by molar-refractivity contribution is 6.20. The number of para-hydroxylation sites is 1. The Morgan fingerprint density at radius 3 is 2.26 bits per heavy atom. The van der Waals surface area contributed by atoms with Gasteiger partial charge in [-0.05, 0) is 23.6 Å². The van der Waals surface area contributed by atoms with E-state index in [9.17, 15) is 4.79 Å². The molecule has 0 fully saturated rings. The number of nitrogens with zero attached hydrogens (tertiary/aromatic N) is 1. The summed E-state index contributed by atoms with van der Waals surface area (Å²) in [6.45, 7) is 0. The second kappa shape index (κ2) is 4.23. The first kappa shape index (κ1) is 12.5. The van der Waals surface area contributed by atoms with Crippen molar-refractivity contribution in [1.29, 1.82) is 0 Å². The highest BCUT2D eigenvalue weighted by Gasteiger charge is 2.16. The van der Waals surface area contributed by atoms with Crippen molar-refractivity contribution in [3.8, 4) is 5.75 Å². The quantitative estimate of drug-likeness (QED) is 0.434. The summed E-state index contributed by atoms with van der Waals surface area (Å²) in [4.78, 5) is 13.1. The van der Waals surface area contributed by atoms with Gasteiger partial charge in [-0.25, -0.2) is 0 Å². The van der Waals surface area contributed by atoms with Crippen LogP contribution in [0, 0.1) is 0 Å². The number of benzene rings is 3. The van der Waals surface area contributed by atoms with Gasteiger partial charge < -0.3 is 4.74 Å². The highest BCUT2D eigenvalue weighted by atomic mass is 16.5. The van der Waals surface area contributed by atoms with Crippen molar-refractivity contribution in [1.82, 2.24) is 4.40 Å². The van der Waals surface area contributed by atoms with Crippen LogP contribution in [0.2, 0.25) is 0 Å². The minimum Gasteiger partial charge on any atom is -0.497 e. The molecule has 0 aliphatic rings. The Morgan fingerprint density at radius 2 is 1.48 bits per heavy atom. The summed E-state index contributed by atoms with van der Waals surface area (Å²) < 4.78 is 7.17. The van der Waals surface area contributed by atoms with Crippen molar-refractivity contribution in [2.45, 2.75) is 0 Å². The summed E-state index contributed by atoms with van der Waals surface area (Å²) in [7, 11) is 1.64. The lowest BCUT2D eigenvalue weighted by Crippen LogP contribution is -2.12. The van der Waals surface area contributed by atoms with E-state index in [2.05, 4.69) is 18.2 Å². The van der Waals surface area contributed by atoms with Gasteiger partial charge in [-0.3, -0.25) is 9.20 Å². The van der Waals surface area contributed by atoms with Gasteiger partial charge in [-0.1, -0.05) is 36.4 Å². The average Bonchev–Trinajstić information content (AvgIpc) is 2.94. The van der Waals surface area contributed by atoms with Crippen LogP contribution in [0.3, 0.4) is 0 Å². The van der Waals surface area contributed by atoms with E-state index in [1.54, 1.807) is 7.11 Å². The summed E-state index contributed by atoms with van der Waals surface area (Å²) >= 11 is 0. The standard InChI is InChI=1S/C20H13NO2/c1-23-12-9-10-14-16-8-4-7-15-13-5-2-3-6-17(13)20(22)21(19(15)16)18(14)11-12/h2-11H,1H3. The molecular weight excluding hydrogens is 286 g/mol. The van der Waals surface area contributed by atoms with Gasteiger partial charge in [-0.15, -0.1) is 0 Å². The molecule has 0 radical (unpaired) electrons. The van der Waals surface area contributed by atoms with E-state index < -0.39 is 0 Å². The Kier molecular flexibility index (Phi) is 2.29. The lowest BCUT2D eigenvalue weighted by Gasteiger charge is -2.05. The monoisotopic (exact) mass is 299 g/mol. The minimum atomic E-state index is 0.0209. The number of pyridine rings is 1. The first-order chi connectivity index (χ1) is 11.3. The molecule has 2 heterocycles. The highest BCUT2D eigenvalue weighted by Crippen LogP contribution is 2.35. The normalized spacial score (nSPS) is 11.9. The van der Waals surface area contributed by atoms with Crippen LogP contribution >= 0.6 is 0 Å². The average molecular weight is 299 g/mol. The Balaban J connectivity index is 2.22. The molecule has 0 saturated carbocycles. The molecule has 0 bridgehead atoms. The number of rotatable bonds is 1. The van der Waals surface area contributed by atoms with Crippen molar-refractivity contribution in [2.75, 3.05) is 7.11 Å². The molecule has 0 N–H and O–H groups in total. The predicted molar refractivity (Wildman–Crippen MR) is 93.9 cm³/mol. The topological polar surface area (TPSA) is 30.7 Å². The Labute approximate surface area is 131 Å². The molecule has 5 rings (SSSR count). The van der Waals surface area contributed by atoms with Gasteiger partial charge in [0.1, 0.15) is 5.75 Å². The molecule has 3 nitrogen and oxygen atoms in total. The predicted octanol–water partition coefficient (Wildman–Crippen LogP) is 4.21. The van der Waals surface area contributed by atoms with Crippen LogP contribution in [-0.4, -0.2) is 11.5 Å². The van der Waals surface area contributed by atoms with E-state index in [1.165, 1.54) is 0 Å². The second-order valence-corrected chi connectivity index (χ2v) is 5.77. The molecule has 5 aromatic rings. The fraction of sp³-hybridized carbons (Fsp3) is 0.0500. The fourth-order valence-electron chi connectivity index (χ4n) is 3.63. The summed E-state index contributed by atoms with van der Waals surface area (Å²) in [5, 5.41) is 5.03. The maximum absolute atomic E-state index is 13.1. The van der Waals surface area contributed by atoms with Crippen molar-refractivity contribution in [3.63, 3.8) is 0 Å². The molecule has 110 valence electrons. The largest absolute Gasteiger partial charge is 0.497 e. The van der Waals surface area contributed by atoms with Crippen molar-refractivity contribution in [3.05, 3.63) is 71.0 Å². The zero-order chi connectivity index (χ0) is 15.6. The van der Waals surface area contributed by atoms with Crippen LogP contribution in [0.25, 0.3) is 38.0 Å². The number of methoxy groups -OCH3 is 1. The number of fused-ring (bicyclic) bond motifs is 5. The summed E-state index contributed by atoms with van der Waals surface area (Å²) in [5.74, 6) is 0.754. The molecule has 3 heteroatoms. The molecule has 0 aliphatic heterocycles. The zero-order valence-corrected chi connectivity index (χ0v) is 12.5. The molecule has 0 spiro atoms. The minimum absolute atomic E-state index is 0.0209. The third-order valence-corrected chi connectivity index (χ3v) is 4.65. The van der Waals surface area contributed by atoms with Crippen LogP contribution < -0.4 is 10.3 Å². The van der Waals surface area contributed by atoms with Gasteiger partial charge in [-0.2, -0.15) is 0 Å². The van der Waals surface area contributed by atoms with E-state index in [-0.39, 0.29) is 5.56 Å². The smallest absolute Gasteiger partial charge is 0.263 e. The first-order valence-corrected chi connectivity index (χ1v) is 7.55. The Morgan fingerprint density at radius 1 is 0.783 bits per heavy atom. The van der Waals surface area contributed by atoms with Gasteiger partial charge in [0.2, 0.25) is 0 Å². The van der Waals surface area contributed by atoms with Crippen LogP contribution in [0.5, 0.6) is 5.75 Å².